The molecular weight excluding hydrogens is 463 g/mol. The highest BCUT2D eigenvalue weighted by molar-refractivity contribution is 6.35. The number of rotatable bonds is 6. The molecule has 3 aromatic heterocycles. The number of pyridine rings is 1. The van der Waals surface area contributed by atoms with Gasteiger partial charge in [-0.15, -0.1) is 0 Å². The van der Waals surface area contributed by atoms with Crippen LogP contribution >= 0.6 is 23.2 Å². The SMILES string of the molecule is COc1ccc2c(c1)c(C(=O)c1nc(-c3cccnc3)no1)cn2Cc1ccc(Cl)cc1Cl. The maximum absolute atomic E-state index is 13.4. The molecule has 9 heteroatoms. The topological polar surface area (TPSA) is 83.0 Å². The first-order chi connectivity index (χ1) is 16.0. The van der Waals surface area contributed by atoms with Gasteiger partial charge in [-0.25, -0.2) is 0 Å². The van der Waals surface area contributed by atoms with Crippen LogP contribution in [0, 0.1) is 0 Å². The fourth-order valence-electron chi connectivity index (χ4n) is 3.59. The zero-order valence-corrected chi connectivity index (χ0v) is 18.8. The summed E-state index contributed by atoms with van der Waals surface area (Å²) in [6, 6.07) is 14.4. The van der Waals surface area contributed by atoms with E-state index in [0.29, 0.717) is 44.7 Å². The van der Waals surface area contributed by atoms with E-state index in [1.165, 1.54) is 0 Å². The summed E-state index contributed by atoms with van der Waals surface area (Å²) < 4.78 is 12.6. The van der Waals surface area contributed by atoms with E-state index in [0.717, 1.165) is 11.1 Å². The second-order valence-corrected chi connectivity index (χ2v) is 8.13. The Labute approximate surface area is 198 Å². The molecule has 0 aliphatic carbocycles. The average molecular weight is 479 g/mol. The van der Waals surface area contributed by atoms with Gasteiger partial charge in [-0.3, -0.25) is 9.78 Å². The van der Waals surface area contributed by atoms with Crippen LogP contribution in [0.25, 0.3) is 22.3 Å². The van der Waals surface area contributed by atoms with Crippen LogP contribution in [0.15, 0.2) is 71.6 Å². The Morgan fingerprint density at radius 1 is 1.15 bits per heavy atom. The van der Waals surface area contributed by atoms with E-state index < -0.39 is 5.78 Å². The maximum atomic E-state index is 13.4. The van der Waals surface area contributed by atoms with Crippen molar-refractivity contribution < 1.29 is 14.1 Å². The van der Waals surface area contributed by atoms with Crippen LogP contribution in [0.1, 0.15) is 21.8 Å². The van der Waals surface area contributed by atoms with Gasteiger partial charge in [-0.1, -0.05) is 34.4 Å². The van der Waals surface area contributed by atoms with Crippen molar-refractivity contribution in [3.05, 3.63) is 94.2 Å². The van der Waals surface area contributed by atoms with Crippen LogP contribution < -0.4 is 4.74 Å². The van der Waals surface area contributed by atoms with Crippen molar-refractivity contribution in [2.24, 2.45) is 0 Å². The predicted octanol–water partition coefficient (Wildman–Crippen LogP) is 5.68. The molecule has 0 radical (unpaired) electrons. The Morgan fingerprint density at radius 3 is 2.79 bits per heavy atom. The van der Waals surface area contributed by atoms with Gasteiger partial charge in [0.1, 0.15) is 5.75 Å². The van der Waals surface area contributed by atoms with E-state index in [2.05, 4.69) is 15.1 Å². The highest BCUT2D eigenvalue weighted by Gasteiger charge is 2.23. The van der Waals surface area contributed by atoms with Crippen LogP contribution in [0.3, 0.4) is 0 Å². The standard InChI is InChI=1S/C24H16Cl2N4O3/c1-32-17-6-7-21-18(10-17)19(13-30(21)12-15-4-5-16(25)9-20(15)26)22(31)24-28-23(29-33-24)14-3-2-8-27-11-14/h2-11,13H,12H2,1H3. The van der Waals surface area contributed by atoms with Gasteiger partial charge in [0.2, 0.25) is 5.82 Å². The van der Waals surface area contributed by atoms with E-state index in [1.54, 1.807) is 56.0 Å². The number of hydrogen-bond acceptors (Lipinski definition) is 6. The largest absolute Gasteiger partial charge is 0.497 e. The molecule has 0 bridgehead atoms. The number of carbonyl (C=O) groups excluding carboxylic acids is 1. The molecule has 0 unspecified atom stereocenters. The normalized spacial score (nSPS) is 11.1. The summed E-state index contributed by atoms with van der Waals surface area (Å²) in [7, 11) is 1.57. The molecule has 3 heterocycles. The van der Waals surface area contributed by atoms with Gasteiger partial charge < -0.3 is 13.8 Å². The number of methoxy groups -OCH3 is 1. The van der Waals surface area contributed by atoms with Crippen molar-refractivity contribution in [2.45, 2.75) is 6.54 Å². The molecule has 0 aliphatic rings. The van der Waals surface area contributed by atoms with Crippen LogP contribution in [0.5, 0.6) is 5.75 Å². The van der Waals surface area contributed by atoms with Crippen molar-refractivity contribution in [1.82, 2.24) is 19.7 Å². The van der Waals surface area contributed by atoms with Crippen LogP contribution in [-0.4, -0.2) is 32.6 Å². The molecule has 2 aromatic carbocycles. The van der Waals surface area contributed by atoms with Crippen molar-refractivity contribution in [3.63, 3.8) is 0 Å². The molecule has 0 amide bonds. The van der Waals surface area contributed by atoms with Crippen molar-refractivity contribution in [1.29, 1.82) is 0 Å². The van der Waals surface area contributed by atoms with Gasteiger partial charge in [0, 0.05) is 51.6 Å². The van der Waals surface area contributed by atoms with E-state index in [4.69, 9.17) is 32.5 Å². The number of fused-ring (bicyclic) bond motifs is 1. The van der Waals surface area contributed by atoms with E-state index in [-0.39, 0.29) is 5.89 Å². The molecule has 33 heavy (non-hydrogen) atoms. The second-order valence-electron chi connectivity index (χ2n) is 7.28. The zero-order chi connectivity index (χ0) is 22.9. The number of carbonyl (C=O) groups is 1. The first-order valence-corrected chi connectivity index (χ1v) is 10.7. The Hall–Kier alpha value is -3.68. The molecule has 0 saturated heterocycles. The molecule has 5 aromatic rings. The average Bonchev–Trinajstić information content (AvgIpc) is 3.46. The Bertz CT molecular complexity index is 1480. The number of halogens is 2. The Kier molecular flexibility index (Phi) is 5.58. The molecule has 0 atom stereocenters. The lowest BCUT2D eigenvalue weighted by molar-refractivity contribution is 0.0995. The fraction of sp³-hybridized carbons (Fsp3) is 0.0833. The number of nitrogens with zero attached hydrogens (tertiary/aromatic N) is 4. The summed E-state index contributed by atoms with van der Waals surface area (Å²) in [5.41, 5.74) is 2.76. The predicted molar refractivity (Wildman–Crippen MR) is 125 cm³/mol. The molecule has 164 valence electrons. The van der Waals surface area contributed by atoms with E-state index in [1.807, 2.05) is 22.8 Å². The number of benzene rings is 2. The molecule has 5 rings (SSSR count). The van der Waals surface area contributed by atoms with Crippen LogP contribution in [-0.2, 0) is 6.54 Å². The summed E-state index contributed by atoms with van der Waals surface area (Å²) in [4.78, 5) is 21.7. The molecule has 0 fully saturated rings. The summed E-state index contributed by atoms with van der Waals surface area (Å²) in [6.07, 6.45) is 5.00. The molecule has 7 nitrogen and oxygen atoms in total. The first kappa shape index (κ1) is 21.2. The van der Waals surface area contributed by atoms with Crippen LogP contribution in [0.2, 0.25) is 10.0 Å². The van der Waals surface area contributed by atoms with Gasteiger partial charge in [-0.2, -0.15) is 4.98 Å². The minimum absolute atomic E-state index is 0.111. The van der Waals surface area contributed by atoms with Gasteiger partial charge in [0.05, 0.1) is 12.7 Å². The highest BCUT2D eigenvalue weighted by atomic mass is 35.5. The highest BCUT2D eigenvalue weighted by Crippen LogP contribution is 2.30. The number of hydrogen-bond donors (Lipinski definition) is 0. The fourth-order valence-corrected chi connectivity index (χ4v) is 4.06. The summed E-state index contributed by atoms with van der Waals surface area (Å²) >= 11 is 12.4. The molecule has 0 aliphatic heterocycles. The lowest BCUT2D eigenvalue weighted by Crippen LogP contribution is -2.02. The summed E-state index contributed by atoms with van der Waals surface area (Å²) in [5, 5.41) is 5.74. The third-order valence-corrected chi connectivity index (χ3v) is 5.82. The molecule has 0 spiro atoms. The second kappa shape index (κ2) is 8.69. The molecule has 0 saturated carbocycles. The van der Waals surface area contributed by atoms with Crippen molar-refractivity contribution >= 4 is 39.9 Å². The Balaban J connectivity index is 1.57. The quantitative estimate of drug-likeness (QED) is 0.292. The minimum atomic E-state index is -0.392. The van der Waals surface area contributed by atoms with Crippen LogP contribution in [0.4, 0.5) is 0 Å². The van der Waals surface area contributed by atoms with E-state index in [9.17, 15) is 4.79 Å². The molecule has 0 N–H and O–H groups in total. The van der Waals surface area contributed by atoms with Crippen molar-refractivity contribution in [2.75, 3.05) is 7.11 Å². The number of ketones is 1. The third-order valence-electron chi connectivity index (χ3n) is 5.23. The molecular formula is C24H16Cl2N4O3. The monoisotopic (exact) mass is 478 g/mol. The number of aromatic nitrogens is 4. The first-order valence-electron chi connectivity index (χ1n) is 9.93. The lowest BCUT2D eigenvalue weighted by atomic mass is 10.1. The van der Waals surface area contributed by atoms with E-state index >= 15 is 0 Å². The van der Waals surface area contributed by atoms with Gasteiger partial charge in [-0.05, 0) is 48.0 Å². The van der Waals surface area contributed by atoms with Gasteiger partial charge in [0.25, 0.3) is 11.7 Å². The van der Waals surface area contributed by atoms with Gasteiger partial charge in [0.15, 0.2) is 0 Å². The maximum Gasteiger partial charge on any atom is 0.299 e. The number of ether oxygens (including phenoxy) is 1. The Morgan fingerprint density at radius 2 is 2.03 bits per heavy atom. The lowest BCUT2D eigenvalue weighted by Gasteiger charge is -2.08. The van der Waals surface area contributed by atoms with Crippen molar-refractivity contribution in [3.8, 4) is 17.1 Å². The minimum Gasteiger partial charge on any atom is -0.497 e. The summed E-state index contributed by atoms with van der Waals surface area (Å²) in [6.45, 7) is 0.441. The van der Waals surface area contributed by atoms with Gasteiger partial charge >= 0.3 is 0 Å². The summed E-state index contributed by atoms with van der Waals surface area (Å²) in [5.74, 6) is 0.415. The third kappa shape index (κ3) is 4.08. The zero-order valence-electron chi connectivity index (χ0n) is 17.3. The smallest absolute Gasteiger partial charge is 0.299 e.